The first-order chi connectivity index (χ1) is 27.3. The molecular formula is C41H32Li2N10O3S3. The molecule has 0 aliphatic rings. The molecule has 0 saturated heterocycles. The summed E-state index contributed by atoms with van der Waals surface area (Å²) < 4.78 is 38.7. The Morgan fingerprint density at radius 3 is 2.17 bits per heavy atom. The van der Waals surface area contributed by atoms with E-state index in [9.17, 15) is 18.2 Å². The molecule has 4 aromatic heterocycles. The molecule has 4 heterocycles. The zero-order valence-electron chi connectivity index (χ0n) is 33.5. The summed E-state index contributed by atoms with van der Waals surface area (Å²) in [5, 5.41) is 28.9. The van der Waals surface area contributed by atoms with Gasteiger partial charge in [-0.25, -0.2) is 23.4 Å². The molecule has 0 amide bonds. The number of rotatable bonds is 9. The Bertz CT molecular complexity index is 3030. The van der Waals surface area contributed by atoms with E-state index >= 15 is 0 Å². The molecule has 59 heavy (non-hydrogen) atoms. The first-order valence-corrected chi connectivity index (χ1v) is 20.6. The monoisotopic (exact) mass is 822 g/mol. The molecule has 13 nitrogen and oxygen atoms in total. The van der Waals surface area contributed by atoms with E-state index in [-0.39, 0.29) is 54.0 Å². The number of pyridine rings is 1. The van der Waals surface area contributed by atoms with Gasteiger partial charge in [0, 0.05) is 5.69 Å². The van der Waals surface area contributed by atoms with E-state index < -0.39 is 10.1 Å². The number of azo groups is 1. The van der Waals surface area contributed by atoms with Crippen molar-refractivity contribution in [1.82, 2.24) is 24.7 Å². The second-order valence-electron chi connectivity index (χ2n) is 13.4. The van der Waals surface area contributed by atoms with Crippen LogP contribution in [0.15, 0.2) is 94.0 Å². The van der Waals surface area contributed by atoms with Crippen molar-refractivity contribution in [3.05, 3.63) is 124 Å². The molecule has 0 atom stereocenters. The summed E-state index contributed by atoms with van der Waals surface area (Å²) in [5.41, 5.74) is 8.71. The van der Waals surface area contributed by atoms with Crippen LogP contribution >= 0.6 is 22.7 Å². The van der Waals surface area contributed by atoms with E-state index in [2.05, 4.69) is 27.7 Å². The normalized spacial score (nSPS) is 11.4. The number of nitrogens with zero attached hydrogens (tertiary/aromatic N) is 9. The zero-order valence-corrected chi connectivity index (χ0v) is 35.9. The number of aryl methyl sites for hydroxylation is 6. The van der Waals surface area contributed by atoms with Gasteiger partial charge in [0.05, 0.1) is 26.5 Å². The summed E-state index contributed by atoms with van der Waals surface area (Å²) in [4.78, 5) is 16.5. The minimum atomic E-state index is -4.68. The predicted molar refractivity (Wildman–Crippen MR) is 223 cm³/mol. The van der Waals surface area contributed by atoms with Crippen LogP contribution in [0.1, 0.15) is 39.1 Å². The number of fused-ring (bicyclic) bond motifs is 2. The molecule has 0 saturated carbocycles. The Morgan fingerprint density at radius 1 is 0.831 bits per heavy atom. The fourth-order valence-corrected chi connectivity index (χ4v) is 9.07. The Labute approximate surface area is 373 Å². The topological polar surface area (TPSA) is 177 Å². The molecule has 8 rings (SSSR count). The van der Waals surface area contributed by atoms with Gasteiger partial charge in [0.2, 0.25) is 0 Å². The predicted octanol–water partition coefficient (Wildman–Crippen LogP) is 4.55. The van der Waals surface area contributed by atoms with Gasteiger partial charge in [0.1, 0.15) is 33.3 Å². The standard InChI is InChI=1S/C41H33N10O3S3.2Li/c1-22-11-9-12-23(2)35(22)46-38-36(47-48-39-29(21-42)27(6)49-51(39)41-44-30-15-7-8-16-32(30)55-41)26(5)19-34(45-38)50(37-24(3)13-10-14-25(37)4)40-43-31-18-17-28(57(52,53)54)20-33(31)56-40;;/h7,9-20H,1-6H3,(H,45,46)(H,52,53,54);;/q-1;2*+1/p-1. The van der Waals surface area contributed by atoms with Crippen molar-refractivity contribution in [3.63, 3.8) is 0 Å². The van der Waals surface area contributed by atoms with E-state index in [1.54, 1.807) is 13.0 Å². The van der Waals surface area contributed by atoms with E-state index in [1.807, 2.05) is 94.1 Å². The number of anilines is 5. The maximum Gasteiger partial charge on any atom is 1.00 e. The number of nitrogens with one attached hydrogen (secondary N) is 1. The zero-order chi connectivity index (χ0) is 40.2. The van der Waals surface area contributed by atoms with E-state index in [4.69, 9.17) is 20.1 Å². The SMILES string of the molecule is Cc1cc(N(c2nc3ccc(S(=O)(=O)[O-])cc3s2)c2c(C)cccc2C)nc(Nc2c(C)cccc2C)c1N=Nc1c(C#N)c(C)nn1-c1nc2cc[c-]cc2s1.[Li+].[Li+]. The van der Waals surface area contributed by atoms with E-state index in [1.165, 1.54) is 45.6 Å². The van der Waals surface area contributed by atoms with Crippen molar-refractivity contribution in [2.45, 2.75) is 46.4 Å². The first kappa shape index (κ1) is 43.4. The van der Waals surface area contributed by atoms with Crippen LogP contribution in [0.25, 0.3) is 25.6 Å². The number of hydrogen-bond acceptors (Lipinski definition) is 14. The van der Waals surface area contributed by atoms with Crippen LogP contribution < -0.4 is 47.9 Å². The number of para-hydroxylation sites is 2. The third kappa shape index (κ3) is 8.35. The van der Waals surface area contributed by atoms with Crippen LogP contribution in [0.5, 0.6) is 0 Å². The quantitative estimate of drug-likeness (QED) is 0.0941. The average molecular weight is 823 g/mol. The van der Waals surface area contributed by atoms with Gasteiger partial charge in [-0.3, -0.25) is 4.90 Å². The molecule has 0 fully saturated rings. The second kappa shape index (κ2) is 17.2. The average Bonchev–Trinajstić information content (AvgIpc) is 3.88. The minimum absolute atomic E-state index is 0. The van der Waals surface area contributed by atoms with Crippen molar-refractivity contribution in [3.8, 4) is 11.2 Å². The van der Waals surface area contributed by atoms with Crippen LogP contribution in [0.4, 0.5) is 39.6 Å². The van der Waals surface area contributed by atoms with Gasteiger partial charge < -0.3 is 9.87 Å². The Hall–Kier alpha value is -5.19. The molecule has 0 radical (unpaired) electrons. The molecular weight excluding hydrogens is 791 g/mol. The van der Waals surface area contributed by atoms with Gasteiger partial charge in [0.25, 0.3) is 0 Å². The molecule has 284 valence electrons. The fourth-order valence-electron chi connectivity index (χ4n) is 6.58. The third-order valence-corrected chi connectivity index (χ3v) is 12.2. The van der Waals surface area contributed by atoms with Gasteiger partial charge >= 0.3 is 37.7 Å². The molecule has 0 bridgehead atoms. The van der Waals surface area contributed by atoms with Crippen molar-refractivity contribution < 1.29 is 50.7 Å². The summed E-state index contributed by atoms with van der Waals surface area (Å²) in [6, 6.07) is 28.8. The minimum Gasteiger partial charge on any atom is -0.744 e. The molecule has 4 aromatic carbocycles. The molecule has 0 aliphatic heterocycles. The van der Waals surface area contributed by atoms with Crippen LogP contribution in [-0.2, 0) is 10.1 Å². The van der Waals surface area contributed by atoms with Crippen LogP contribution in [-0.4, -0.2) is 37.7 Å². The van der Waals surface area contributed by atoms with Crippen LogP contribution in [0.3, 0.4) is 0 Å². The van der Waals surface area contributed by atoms with Crippen molar-refractivity contribution >= 4 is 92.9 Å². The summed E-state index contributed by atoms with van der Waals surface area (Å²) >= 11 is 2.65. The molecule has 1 N–H and O–H groups in total. The molecule has 0 unspecified atom stereocenters. The summed E-state index contributed by atoms with van der Waals surface area (Å²) in [6.07, 6.45) is 0. The Kier molecular flexibility index (Phi) is 12.6. The van der Waals surface area contributed by atoms with Gasteiger partial charge in [-0.15, -0.1) is 16.3 Å². The molecule has 8 aromatic rings. The molecule has 0 aliphatic carbocycles. The van der Waals surface area contributed by atoms with Crippen LogP contribution in [0.2, 0.25) is 0 Å². The van der Waals surface area contributed by atoms with Gasteiger partial charge in [-0.05, 0) is 99.1 Å². The van der Waals surface area contributed by atoms with Gasteiger partial charge in [-0.1, -0.05) is 52.4 Å². The van der Waals surface area contributed by atoms with Crippen molar-refractivity contribution in [2.75, 3.05) is 10.2 Å². The molecule has 18 heteroatoms. The largest absolute Gasteiger partial charge is 1.00 e. The summed E-state index contributed by atoms with van der Waals surface area (Å²) in [6.45, 7) is 11.7. The Morgan fingerprint density at radius 2 is 1.51 bits per heavy atom. The van der Waals surface area contributed by atoms with Gasteiger partial charge in [-0.2, -0.15) is 44.6 Å². The van der Waals surface area contributed by atoms with Gasteiger partial charge in [0.15, 0.2) is 21.9 Å². The number of thiazole rings is 2. The Balaban J connectivity index is 0.00000293. The fraction of sp³-hybridized carbons (Fsp3) is 0.146. The van der Waals surface area contributed by atoms with Crippen LogP contribution in [0, 0.1) is 58.9 Å². The maximum absolute atomic E-state index is 11.9. The summed E-state index contributed by atoms with van der Waals surface area (Å²) in [7, 11) is -4.68. The number of nitriles is 1. The van der Waals surface area contributed by atoms with Crippen molar-refractivity contribution in [2.24, 2.45) is 10.2 Å². The van der Waals surface area contributed by atoms with E-state index in [0.29, 0.717) is 49.1 Å². The third-order valence-electron chi connectivity index (χ3n) is 9.41. The molecule has 0 spiro atoms. The van der Waals surface area contributed by atoms with Crippen molar-refractivity contribution in [1.29, 1.82) is 5.26 Å². The first-order valence-electron chi connectivity index (χ1n) is 17.6. The summed E-state index contributed by atoms with van der Waals surface area (Å²) in [5.74, 6) is 1.11. The number of benzene rings is 4. The second-order valence-corrected chi connectivity index (χ2v) is 16.8. The smallest absolute Gasteiger partial charge is 0.744 e. The van der Waals surface area contributed by atoms with E-state index in [0.717, 1.165) is 43.8 Å². The number of hydrogen-bond donors (Lipinski definition) is 1. The number of aromatic nitrogens is 5. The maximum atomic E-state index is 11.9.